The number of nitrogens with zero attached hydrogens (tertiary/aromatic N) is 1. The molecule has 2 amide bonds. The van der Waals surface area contributed by atoms with Crippen LogP contribution in [-0.4, -0.2) is 59.0 Å². The molecule has 0 spiro atoms. The van der Waals surface area contributed by atoms with Gasteiger partial charge in [0.25, 0.3) is 11.8 Å². The van der Waals surface area contributed by atoms with Crippen LogP contribution in [0.25, 0.3) is 0 Å². The van der Waals surface area contributed by atoms with E-state index in [0.717, 1.165) is 4.90 Å². The van der Waals surface area contributed by atoms with Crippen LogP contribution in [0.2, 0.25) is 0 Å². The molecule has 1 N–H and O–H groups in total. The maximum Gasteiger partial charge on any atom is 1.00 e. The maximum atomic E-state index is 12.4. The van der Waals surface area contributed by atoms with Gasteiger partial charge >= 0.3 is 35.5 Å². The van der Waals surface area contributed by atoms with Crippen LogP contribution in [0.5, 0.6) is 5.75 Å². The largest absolute Gasteiger partial charge is 1.00 e. The van der Waals surface area contributed by atoms with E-state index in [1.807, 2.05) is 6.07 Å². The number of carboxylic acids is 1. The second-order valence-corrected chi connectivity index (χ2v) is 7.18. The number of carbonyl (C=O) groups is 4. The number of β-lactam (4-membered cyclic amide) rings is 1. The summed E-state index contributed by atoms with van der Waals surface area (Å²) in [6, 6.07) is 7.87. The summed E-state index contributed by atoms with van der Waals surface area (Å²) in [5.74, 6) is -2.40. The van der Waals surface area contributed by atoms with Gasteiger partial charge in [0, 0.05) is 18.2 Å². The minimum atomic E-state index is -1.53. The van der Waals surface area contributed by atoms with Crippen molar-refractivity contribution in [1.82, 2.24) is 10.2 Å². The molecule has 3 rings (SSSR count). The van der Waals surface area contributed by atoms with Crippen LogP contribution in [-0.2, 0) is 23.9 Å². The molecule has 1 aromatic carbocycles. The zero-order chi connectivity index (χ0) is 20.3. The van der Waals surface area contributed by atoms with Crippen molar-refractivity contribution in [3.05, 3.63) is 41.6 Å². The average Bonchev–Trinajstić information content (AvgIpc) is 2.68. The Morgan fingerprint density at radius 3 is 2.59 bits per heavy atom. The van der Waals surface area contributed by atoms with Crippen LogP contribution in [0.15, 0.2) is 41.6 Å². The molecule has 2 atom stereocenters. The number of thioether (sulfide) groups is 1. The SMILES string of the molecule is CC(=O)OCC1=C(C(=O)[O-])N2C(=O)C(NC(=O)COc3ccccc3)[C@H]2SC1.[Na+]. The zero-order valence-corrected chi connectivity index (χ0v) is 18.7. The summed E-state index contributed by atoms with van der Waals surface area (Å²) < 4.78 is 10.2. The summed E-state index contributed by atoms with van der Waals surface area (Å²) in [5.41, 5.74) is -0.0250. The average molecular weight is 428 g/mol. The third-order valence-corrected chi connectivity index (χ3v) is 5.46. The molecule has 2 heterocycles. The molecule has 2 aliphatic rings. The van der Waals surface area contributed by atoms with Crippen molar-refractivity contribution in [3.8, 4) is 5.75 Å². The number of rotatable bonds is 7. The van der Waals surface area contributed by atoms with Gasteiger partial charge in [0.2, 0.25) is 0 Å². The first-order chi connectivity index (χ1) is 13.4. The van der Waals surface area contributed by atoms with Crippen molar-refractivity contribution in [1.29, 1.82) is 0 Å². The second kappa shape index (κ2) is 10.1. The molecule has 1 aromatic rings. The topological polar surface area (TPSA) is 125 Å². The minimum Gasteiger partial charge on any atom is -0.543 e. The van der Waals surface area contributed by atoms with Gasteiger partial charge in [0.1, 0.15) is 23.8 Å². The fourth-order valence-corrected chi connectivity index (χ4v) is 4.18. The number of para-hydroxylation sites is 1. The Bertz CT molecular complexity index is 846. The van der Waals surface area contributed by atoms with E-state index >= 15 is 0 Å². The van der Waals surface area contributed by atoms with E-state index in [2.05, 4.69) is 5.32 Å². The van der Waals surface area contributed by atoms with Gasteiger partial charge in [0.15, 0.2) is 6.61 Å². The molecule has 0 aromatic heterocycles. The number of fused-ring (bicyclic) bond motifs is 1. The van der Waals surface area contributed by atoms with Gasteiger partial charge in [-0.25, -0.2) is 0 Å². The fraction of sp³-hybridized carbons (Fsp3) is 0.333. The van der Waals surface area contributed by atoms with Crippen molar-refractivity contribution in [2.24, 2.45) is 0 Å². The number of carbonyl (C=O) groups excluding carboxylic acids is 4. The summed E-state index contributed by atoms with van der Waals surface area (Å²) in [5, 5.41) is 13.5. The minimum absolute atomic E-state index is 0. The van der Waals surface area contributed by atoms with Gasteiger partial charge in [-0.2, -0.15) is 0 Å². The van der Waals surface area contributed by atoms with Gasteiger partial charge in [-0.15, -0.1) is 11.8 Å². The summed E-state index contributed by atoms with van der Waals surface area (Å²) in [6.07, 6.45) is 0. The van der Waals surface area contributed by atoms with Gasteiger partial charge in [-0.3, -0.25) is 19.3 Å². The Morgan fingerprint density at radius 1 is 1.28 bits per heavy atom. The van der Waals surface area contributed by atoms with E-state index in [1.165, 1.54) is 18.7 Å². The van der Waals surface area contributed by atoms with E-state index in [1.54, 1.807) is 24.3 Å². The Morgan fingerprint density at radius 2 is 1.97 bits per heavy atom. The number of hydrogen-bond acceptors (Lipinski definition) is 8. The van der Waals surface area contributed by atoms with Crippen molar-refractivity contribution in [3.63, 3.8) is 0 Å². The molecule has 1 unspecified atom stereocenters. The molecule has 11 heteroatoms. The number of carboxylic acid groups (broad SMARTS) is 1. The molecule has 0 radical (unpaired) electrons. The normalized spacial score (nSPS) is 20.0. The molecule has 29 heavy (non-hydrogen) atoms. The molecule has 1 fully saturated rings. The summed E-state index contributed by atoms with van der Waals surface area (Å²) in [4.78, 5) is 48.1. The quantitative estimate of drug-likeness (QED) is 0.265. The molecular weight excluding hydrogens is 411 g/mol. The molecule has 2 aliphatic heterocycles. The van der Waals surface area contributed by atoms with E-state index in [-0.39, 0.29) is 59.8 Å². The number of aliphatic carboxylic acids is 1. The van der Waals surface area contributed by atoms with E-state index in [9.17, 15) is 24.3 Å². The first kappa shape index (κ1) is 23.3. The Kier molecular flexibility index (Phi) is 8.14. The van der Waals surface area contributed by atoms with Crippen molar-refractivity contribution < 1.29 is 63.3 Å². The maximum absolute atomic E-state index is 12.4. The third-order valence-electron chi connectivity index (χ3n) is 4.12. The van der Waals surface area contributed by atoms with Gasteiger partial charge in [0.05, 0.1) is 11.7 Å². The molecule has 9 nitrogen and oxygen atoms in total. The summed E-state index contributed by atoms with van der Waals surface area (Å²) >= 11 is 1.27. The van der Waals surface area contributed by atoms with Crippen LogP contribution in [0, 0.1) is 0 Å². The van der Waals surface area contributed by atoms with E-state index in [0.29, 0.717) is 5.75 Å². The second-order valence-electron chi connectivity index (χ2n) is 6.08. The predicted octanol–water partition coefficient (Wildman–Crippen LogP) is -3.96. The molecular formula is C18H17N2NaO7S. The Labute approximate surface area is 193 Å². The molecule has 0 aliphatic carbocycles. The van der Waals surface area contributed by atoms with Gasteiger partial charge < -0.3 is 24.7 Å². The van der Waals surface area contributed by atoms with E-state index in [4.69, 9.17) is 9.47 Å². The first-order valence-electron chi connectivity index (χ1n) is 8.37. The van der Waals surface area contributed by atoms with Crippen molar-refractivity contribution in [2.75, 3.05) is 19.0 Å². The Hall–Kier alpha value is -2.01. The standard InChI is InChI=1S/C18H18N2O7S.Na/c1-10(21)26-7-11-9-28-17-14(16(23)20(17)15(11)18(24)25)19-13(22)8-27-12-5-3-2-4-6-12;/h2-6,14,17H,7-9H2,1H3,(H,19,22)(H,24,25);/q;+1/p-1/t14?,17-;/m1./s1. The summed E-state index contributed by atoms with van der Waals surface area (Å²) in [7, 11) is 0. The number of ether oxygens (including phenoxy) is 2. The first-order valence-corrected chi connectivity index (χ1v) is 9.42. The van der Waals surface area contributed by atoms with Crippen molar-refractivity contribution in [2.45, 2.75) is 18.3 Å². The zero-order valence-electron chi connectivity index (χ0n) is 15.9. The molecule has 1 saturated heterocycles. The number of hydrogen-bond donors (Lipinski definition) is 1. The Balaban J connectivity index is 0.00000300. The fourth-order valence-electron chi connectivity index (χ4n) is 2.85. The monoisotopic (exact) mass is 428 g/mol. The third kappa shape index (κ3) is 5.33. The number of nitrogens with one attached hydrogen (secondary N) is 1. The predicted molar refractivity (Wildman–Crippen MR) is 95.6 cm³/mol. The van der Waals surface area contributed by atoms with Crippen molar-refractivity contribution >= 4 is 35.5 Å². The van der Waals surface area contributed by atoms with Crippen LogP contribution < -0.4 is 44.7 Å². The van der Waals surface area contributed by atoms with Crippen LogP contribution in [0.3, 0.4) is 0 Å². The van der Waals surface area contributed by atoms with Crippen LogP contribution in [0.4, 0.5) is 0 Å². The summed E-state index contributed by atoms with van der Waals surface area (Å²) in [6.45, 7) is 0.700. The van der Waals surface area contributed by atoms with Crippen LogP contribution in [0.1, 0.15) is 6.92 Å². The molecule has 0 saturated carbocycles. The smallest absolute Gasteiger partial charge is 0.543 e. The van der Waals surface area contributed by atoms with Gasteiger partial charge in [-0.05, 0) is 12.1 Å². The number of benzene rings is 1. The number of amides is 2. The van der Waals surface area contributed by atoms with E-state index < -0.39 is 35.2 Å². The molecule has 0 bridgehead atoms. The van der Waals surface area contributed by atoms with Crippen LogP contribution >= 0.6 is 11.8 Å². The molecule has 148 valence electrons. The number of esters is 1. The van der Waals surface area contributed by atoms with Gasteiger partial charge in [-0.1, -0.05) is 18.2 Å².